The first-order valence-corrected chi connectivity index (χ1v) is 4.05. The number of benzene rings is 1. The Morgan fingerprint density at radius 2 is 1.62 bits per heavy atom. The zero-order valence-electron chi connectivity index (χ0n) is 6.23. The Morgan fingerprint density at radius 1 is 1.08 bits per heavy atom. The molecule has 0 radical (unpaired) electrons. The molecular formula is C7H5F4NS. The van der Waals surface area contributed by atoms with Gasteiger partial charge in [-0.15, -0.1) is 4.48 Å². The summed E-state index contributed by atoms with van der Waals surface area (Å²) in [6, 6.07) is 4.85. The van der Waals surface area contributed by atoms with Crippen LogP contribution in [0.1, 0.15) is 0 Å². The fourth-order valence-electron chi connectivity index (χ4n) is 0.720. The lowest BCUT2D eigenvalue weighted by Gasteiger charge is -2.05. The van der Waals surface area contributed by atoms with Crippen molar-refractivity contribution in [3.63, 3.8) is 0 Å². The number of thioether (sulfide) groups is 1. The highest BCUT2D eigenvalue weighted by atomic mass is 32.2. The fourth-order valence-corrected chi connectivity index (χ4v) is 1.26. The number of rotatable bonds is 2. The van der Waals surface area contributed by atoms with Crippen LogP contribution in [0, 0.1) is 0 Å². The highest BCUT2D eigenvalue weighted by Crippen LogP contribution is 2.36. The minimum atomic E-state index is -4.30. The molecule has 72 valence electrons. The van der Waals surface area contributed by atoms with E-state index in [1.165, 1.54) is 29.8 Å². The van der Waals surface area contributed by atoms with Crippen molar-refractivity contribution in [3.05, 3.63) is 24.3 Å². The summed E-state index contributed by atoms with van der Waals surface area (Å²) in [5, 5.41) is 0. The lowest BCUT2D eigenvalue weighted by molar-refractivity contribution is -0.0328. The van der Waals surface area contributed by atoms with Gasteiger partial charge in [0.05, 0.1) is 5.69 Å². The number of hydrogen-bond donors (Lipinski definition) is 1. The van der Waals surface area contributed by atoms with Crippen LogP contribution >= 0.6 is 11.8 Å². The molecule has 0 saturated heterocycles. The second-order valence-corrected chi connectivity index (χ2v) is 3.31. The van der Waals surface area contributed by atoms with Gasteiger partial charge in [0.25, 0.3) is 0 Å². The molecule has 13 heavy (non-hydrogen) atoms. The Bertz CT molecular complexity index is 269. The highest BCUT2D eigenvalue weighted by molar-refractivity contribution is 8.00. The van der Waals surface area contributed by atoms with Gasteiger partial charge in [0.1, 0.15) is 0 Å². The summed E-state index contributed by atoms with van der Waals surface area (Å²) in [7, 11) is 0. The fraction of sp³-hybridized carbons (Fsp3) is 0.143. The van der Waals surface area contributed by atoms with E-state index in [1.807, 2.05) is 0 Å². The van der Waals surface area contributed by atoms with E-state index in [0.717, 1.165) is 0 Å². The second-order valence-electron chi connectivity index (χ2n) is 2.17. The van der Waals surface area contributed by atoms with E-state index in [0.29, 0.717) is 0 Å². The number of halogens is 4. The minimum Gasteiger partial charge on any atom is -0.225 e. The van der Waals surface area contributed by atoms with Gasteiger partial charge in [-0.1, -0.05) is 0 Å². The SMILES string of the molecule is FNc1ccc(SC(F)(F)F)cc1. The van der Waals surface area contributed by atoms with Crippen LogP contribution in [0.5, 0.6) is 0 Å². The van der Waals surface area contributed by atoms with Crippen LogP contribution in [0.15, 0.2) is 29.2 Å². The van der Waals surface area contributed by atoms with Crippen LogP contribution in [0.2, 0.25) is 0 Å². The van der Waals surface area contributed by atoms with Crippen LogP contribution in [-0.4, -0.2) is 5.51 Å². The molecule has 0 heterocycles. The summed E-state index contributed by atoms with van der Waals surface area (Å²) < 4.78 is 47.1. The zero-order chi connectivity index (χ0) is 9.90. The third kappa shape index (κ3) is 3.54. The molecule has 0 fully saturated rings. The Balaban J connectivity index is 2.70. The minimum absolute atomic E-state index is 0.0338. The van der Waals surface area contributed by atoms with Crippen molar-refractivity contribution in [2.24, 2.45) is 0 Å². The number of anilines is 1. The number of hydrogen-bond acceptors (Lipinski definition) is 2. The van der Waals surface area contributed by atoms with Crippen LogP contribution in [0.25, 0.3) is 0 Å². The molecule has 0 aliphatic rings. The third-order valence-electron chi connectivity index (χ3n) is 1.20. The molecule has 6 heteroatoms. The van der Waals surface area contributed by atoms with Gasteiger partial charge in [0.15, 0.2) is 0 Å². The first-order valence-electron chi connectivity index (χ1n) is 3.24. The summed E-state index contributed by atoms with van der Waals surface area (Å²) in [5.74, 6) is 0. The maximum absolute atomic E-state index is 11.8. The van der Waals surface area contributed by atoms with E-state index in [-0.39, 0.29) is 22.3 Å². The molecule has 1 aromatic rings. The molecule has 1 aromatic carbocycles. The van der Waals surface area contributed by atoms with Gasteiger partial charge < -0.3 is 0 Å². The summed E-state index contributed by atoms with van der Waals surface area (Å²) in [6.07, 6.45) is 0. The van der Waals surface area contributed by atoms with Crippen LogP contribution < -0.4 is 5.54 Å². The quantitative estimate of drug-likeness (QED) is 0.455. The van der Waals surface area contributed by atoms with E-state index >= 15 is 0 Å². The van der Waals surface area contributed by atoms with E-state index in [4.69, 9.17) is 0 Å². The van der Waals surface area contributed by atoms with E-state index < -0.39 is 5.51 Å². The number of alkyl halides is 3. The third-order valence-corrected chi connectivity index (χ3v) is 1.94. The molecular weight excluding hydrogens is 206 g/mol. The normalized spacial score (nSPS) is 11.4. The maximum atomic E-state index is 11.8. The van der Waals surface area contributed by atoms with Gasteiger partial charge in [0.2, 0.25) is 0 Å². The van der Waals surface area contributed by atoms with Crippen LogP contribution in [0.3, 0.4) is 0 Å². The second kappa shape index (κ2) is 3.87. The van der Waals surface area contributed by atoms with E-state index in [9.17, 15) is 17.7 Å². The predicted octanol–water partition coefficient (Wildman–Crippen LogP) is 3.59. The van der Waals surface area contributed by atoms with Gasteiger partial charge in [-0.2, -0.15) is 13.2 Å². The molecule has 0 saturated carbocycles. The lowest BCUT2D eigenvalue weighted by atomic mass is 10.3. The predicted molar refractivity (Wildman–Crippen MR) is 43.1 cm³/mol. The summed E-state index contributed by atoms with van der Waals surface area (Å²) in [6.45, 7) is 0. The molecule has 1 nitrogen and oxygen atoms in total. The van der Waals surface area contributed by atoms with Gasteiger partial charge in [0, 0.05) is 4.90 Å². The Kier molecular flexibility index (Phi) is 3.02. The first-order chi connectivity index (χ1) is 6.01. The largest absolute Gasteiger partial charge is 0.446 e. The van der Waals surface area contributed by atoms with Crippen molar-refractivity contribution in [3.8, 4) is 0 Å². The van der Waals surface area contributed by atoms with E-state index in [1.54, 1.807) is 0 Å². The number of nitrogens with one attached hydrogen (secondary N) is 1. The Labute approximate surface area is 76.1 Å². The molecule has 0 bridgehead atoms. The van der Waals surface area contributed by atoms with Gasteiger partial charge in [-0.3, -0.25) is 0 Å². The summed E-state index contributed by atoms with van der Waals surface area (Å²) in [5.41, 5.74) is -2.84. The molecule has 0 aromatic heterocycles. The Hall–Kier alpha value is -0.910. The lowest BCUT2D eigenvalue weighted by Crippen LogP contribution is -1.98. The van der Waals surface area contributed by atoms with Crippen LogP contribution in [0.4, 0.5) is 23.3 Å². The standard InChI is InChI=1S/C7H5F4NS/c8-7(9,10)13-6-3-1-5(12-11)2-4-6/h1-4,12H. The summed E-state index contributed by atoms with van der Waals surface area (Å²) >= 11 is -0.230. The van der Waals surface area contributed by atoms with Crippen molar-refractivity contribution in [2.75, 3.05) is 5.54 Å². The van der Waals surface area contributed by atoms with Gasteiger partial charge in [-0.05, 0) is 36.0 Å². The van der Waals surface area contributed by atoms with Crippen molar-refractivity contribution < 1.29 is 17.7 Å². The molecule has 1 rings (SSSR count). The van der Waals surface area contributed by atoms with Crippen molar-refractivity contribution in [2.45, 2.75) is 10.4 Å². The average molecular weight is 211 g/mol. The molecule has 0 spiro atoms. The topological polar surface area (TPSA) is 12.0 Å². The summed E-state index contributed by atoms with van der Waals surface area (Å²) in [4.78, 5) is 0.0338. The van der Waals surface area contributed by atoms with Crippen molar-refractivity contribution >= 4 is 17.4 Å². The Morgan fingerprint density at radius 3 is 2.00 bits per heavy atom. The monoisotopic (exact) mass is 211 g/mol. The molecule has 0 atom stereocenters. The highest BCUT2D eigenvalue weighted by Gasteiger charge is 2.28. The zero-order valence-corrected chi connectivity index (χ0v) is 7.05. The van der Waals surface area contributed by atoms with Crippen molar-refractivity contribution in [1.82, 2.24) is 0 Å². The molecule has 0 aliphatic heterocycles. The molecule has 0 aliphatic carbocycles. The van der Waals surface area contributed by atoms with Crippen LogP contribution in [-0.2, 0) is 0 Å². The van der Waals surface area contributed by atoms with E-state index in [2.05, 4.69) is 0 Å². The maximum Gasteiger partial charge on any atom is 0.446 e. The smallest absolute Gasteiger partial charge is 0.225 e. The average Bonchev–Trinajstić information content (AvgIpc) is 2.03. The molecule has 1 N–H and O–H groups in total. The van der Waals surface area contributed by atoms with Crippen molar-refractivity contribution in [1.29, 1.82) is 0 Å². The van der Waals surface area contributed by atoms with Gasteiger partial charge >= 0.3 is 5.51 Å². The molecule has 0 amide bonds. The first kappa shape index (κ1) is 10.2. The molecule has 0 unspecified atom stereocenters. The van der Waals surface area contributed by atoms with Gasteiger partial charge in [-0.25, -0.2) is 5.54 Å².